The lowest BCUT2D eigenvalue weighted by Crippen LogP contribution is -2.38. The Morgan fingerprint density at radius 2 is 1.65 bits per heavy atom. The van der Waals surface area contributed by atoms with E-state index in [-0.39, 0.29) is 37.7 Å². The first kappa shape index (κ1) is 23.9. The molecule has 1 N–H and O–H groups in total. The Bertz CT molecular complexity index is 878. The van der Waals surface area contributed by atoms with Gasteiger partial charge in [0.05, 0.1) is 33.7 Å². The summed E-state index contributed by atoms with van der Waals surface area (Å²) in [6.07, 6.45) is 0.488. The molecule has 7 nitrogen and oxygen atoms in total. The molecule has 166 valence electrons. The van der Waals surface area contributed by atoms with Crippen LogP contribution in [0.3, 0.4) is 0 Å². The quantitative estimate of drug-likeness (QED) is 0.554. The normalized spacial score (nSPS) is 11.3. The standard InChI is InChI=1S/C24H29NO6/c1-4-31-24(28)16-19(25-22(26)13-14-23(27)30-3)15-17-9-11-18(12-10-17)20-7-5-6-8-21(20)29-2/h5-12,19H,4,13-16H2,1-3H3,(H,25,26)/t19-/m1/s1. The molecule has 7 heteroatoms. The van der Waals surface area contributed by atoms with Gasteiger partial charge in [0.25, 0.3) is 0 Å². The average Bonchev–Trinajstić information content (AvgIpc) is 2.78. The highest BCUT2D eigenvalue weighted by atomic mass is 16.5. The third-order valence-corrected chi connectivity index (χ3v) is 4.72. The lowest BCUT2D eigenvalue weighted by atomic mass is 9.98. The fourth-order valence-corrected chi connectivity index (χ4v) is 3.20. The van der Waals surface area contributed by atoms with Crippen molar-refractivity contribution in [1.29, 1.82) is 0 Å². The van der Waals surface area contributed by atoms with Gasteiger partial charge in [-0.2, -0.15) is 0 Å². The number of hydrogen-bond acceptors (Lipinski definition) is 6. The van der Waals surface area contributed by atoms with Gasteiger partial charge in [0.15, 0.2) is 0 Å². The minimum absolute atomic E-state index is 0.00125. The monoisotopic (exact) mass is 427 g/mol. The summed E-state index contributed by atoms with van der Waals surface area (Å²) in [6, 6.07) is 15.2. The molecule has 2 aromatic carbocycles. The van der Waals surface area contributed by atoms with Gasteiger partial charge in [-0.05, 0) is 30.5 Å². The topological polar surface area (TPSA) is 90.9 Å². The number of para-hydroxylation sites is 1. The molecule has 2 rings (SSSR count). The maximum absolute atomic E-state index is 12.2. The van der Waals surface area contributed by atoms with Crippen molar-refractivity contribution in [3.63, 3.8) is 0 Å². The fraction of sp³-hybridized carbons (Fsp3) is 0.375. The van der Waals surface area contributed by atoms with Gasteiger partial charge in [-0.15, -0.1) is 0 Å². The Morgan fingerprint density at radius 3 is 2.29 bits per heavy atom. The van der Waals surface area contributed by atoms with Gasteiger partial charge < -0.3 is 19.5 Å². The van der Waals surface area contributed by atoms with E-state index in [0.717, 1.165) is 22.4 Å². The Labute approximate surface area is 182 Å². The number of rotatable bonds is 11. The van der Waals surface area contributed by atoms with Crippen LogP contribution in [0.5, 0.6) is 5.75 Å². The van der Waals surface area contributed by atoms with Crippen molar-refractivity contribution in [2.75, 3.05) is 20.8 Å². The van der Waals surface area contributed by atoms with Crippen LogP contribution in [0.25, 0.3) is 11.1 Å². The molecule has 0 radical (unpaired) electrons. The Hall–Kier alpha value is -3.35. The van der Waals surface area contributed by atoms with Gasteiger partial charge in [0.2, 0.25) is 5.91 Å². The number of amides is 1. The SMILES string of the molecule is CCOC(=O)C[C@@H](Cc1ccc(-c2ccccc2OC)cc1)NC(=O)CCC(=O)OC. The molecule has 0 aliphatic heterocycles. The highest BCUT2D eigenvalue weighted by Crippen LogP contribution is 2.29. The zero-order valence-corrected chi connectivity index (χ0v) is 18.2. The molecule has 0 aromatic heterocycles. The van der Waals surface area contributed by atoms with E-state index in [1.807, 2.05) is 48.5 Å². The number of carbonyl (C=O) groups excluding carboxylic acids is 3. The van der Waals surface area contributed by atoms with Gasteiger partial charge in [-0.1, -0.05) is 42.5 Å². The van der Waals surface area contributed by atoms with Gasteiger partial charge in [0, 0.05) is 18.0 Å². The van der Waals surface area contributed by atoms with Crippen LogP contribution in [0.1, 0.15) is 31.7 Å². The molecule has 0 saturated heterocycles. The molecular weight excluding hydrogens is 398 g/mol. The van der Waals surface area contributed by atoms with Crippen LogP contribution in [-0.2, 0) is 30.3 Å². The predicted octanol–water partition coefficient (Wildman–Crippen LogP) is 3.30. The molecule has 0 fully saturated rings. The van der Waals surface area contributed by atoms with Crippen molar-refractivity contribution in [3.05, 3.63) is 54.1 Å². The molecule has 0 aliphatic rings. The first-order valence-electron chi connectivity index (χ1n) is 10.2. The summed E-state index contributed by atoms with van der Waals surface area (Å²) in [5.41, 5.74) is 2.95. The second kappa shape index (κ2) is 12.4. The van der Waals surface area contributed by atoms with Crippen LogP contribution in [0, 0.1) is 0 Å². The smallest absolute Gasteiger partial charge is 0.307 e. The molecule has 0 aliphatic carbocycles. The van der Waals surface area contributed by atoms with E-state index >= 15 is 0 Å². The largest absolute Gasteiger partial charge is 0.496 e. The molecule has 0 heterocycles. The van der Waals surface area contributed by atoms with Gasteiger partial charge >= 0.3 is 11.9 Å². The predicted molar refractivity (Wildman–Crippen MR) is 117 cm³/mol. The van der Waals surface area contributed by atoms with Crippen molar-refractivity contribution >= 4 is 17.8 Å². The van der Waals surface area contributed by atoms with Crippen LogP contribution in [0.2, 0.25) is 0 Å². The fourth-order valence-electron chi connectivity index (χ4n) is 3.20. The zero-order valence-electron chi connectivity index (χ0n) is 18.2. The molecule has 0 spiro atoms. The maximum Gasteiger partial charge on any atom is 0.307 e. The Balaban J connectivity index is 2.09. The van der Waals surface area contributed by atoms with Crippen LogP contribution in [0.15, 0.2) is 48.5 Å². The van der Waals surface area contributed by atoms with Crippen LogP contribution in [0.4, 0.5) is 0 Å². The van der Waals surface area contributed by atoms with E-state index in [1.54, 1.807) is 14.0 Å². The van der Waals surface area contributed by atoms with E-state index < -0.39 is 12.0 Å². The summed E-state index contributed by atoms with van der Waals surface area (Å²) in [4.78, 5) is 35.5. The minimum Gasteiger partial charge on any atom is -0.496 e. The van der Waals surface area contributed by atoms with Crippen molar-refractivity contribution in [2.45, 2.75) is 38.6 Å². The number of nitrogens with one attached hydrogen (secondary N) is 1. The van der Waals surface area contributed by atoms with Crippen molar-refractivity contribution in [3.8, 4) is 16.9 Å². The summed E-state index contributed by atoms with van der Waals surface area (Å²) < 4.78 is 15.0. The third-order valence-electron chi connectivity index (χ3n) is 4.72. The number of esters is 2. The molecule has 2 aromatic rings. The maximum atomic E-state index is 12.2. The Kier molecular flexibility index (Phi) is 9.55. The van der Waals surface area contributed by atoms with Crippen LogP contribution in [-0.4, -0.2) is 44.7 Å². The summed E-state index contributed by atoms with van der Waals surface area (Å²) >= 11 is 0. The summed E-state index contributed by atoms with van der Waals surface area (Å²) in [5.74, 6) is -0.367. The zero-order chi connectivity index (χ0) is 22.6. The van der Waals surface area contributed by atoms with Crippen LogP contribution < -0.4 is 10.1 Å². The lowest BCUT2D eigenvalue weighted by molar-refractivity contribution is -0.144. The minimum atomic E-state index is -0.455. The van der Waals surface area contributed by atoms with Gasteiger partial charge in [-0.3, -0.25) is 14.4 Å². The number of benzene rings is 2. The second-order valence-corrected chi connectivity index (χ2v) is 6.95. The van der Waals surface area contributed by atoms with Crippen molar-refractivity contribution < 1.29 is 28.6 Å². The van der Waals surface area contributed by atoms with Gasteiger partial charge in [0.1, 0.15) is 5.75 Å². The highest BCUT2D eigenvalue weighted by molar-refractivity contribution is 5.82. The molecule has 1 atom stereocenters. The first-order chi connectivity index (χ1) is 15.0. The molecule has 0 saturated carbocycles. The Morgan fingerprint density at radius 1 is 0.935 bits per heavy atom. The second-order valence-electron chi connectivity index (χ2n) is 6.95. The molecule has 0 bridgehead atoms. The van der Waals surface area contributed by atoms with Crippen LogP contribution >= 0.6 is 0 Å². The van der Waals surface area contributed by atoms with Gasteiger partial charge in [-0.25, -0.2) is 0 Å². The lowest BCUT2D eigenvalue weighted by Gasteiger charge is -2.18. The molecule has 1 amide bonds. The number of methoxy groups -OCH3 is 2. The van der Waals surface area contributed by atoms with E-state index in [1.165, 1.54) is 7.11 Å². The number of ether oxygens (including phenoxy) is 3. The average molecular weight is 427 g/mol. The van der Waals surface area contributed by atoms with Crippen molar-refractivity contribution in [2.24, 2.45) is 0 Å². The first-order valence-corrected chi connectivity index (χ1v) is 10.2. The molecule has 31 heavy (non-hydrogen) atoms. The van der Waals surface area contributed by atoms with E-state index in [9.17, 15) is 14.4 Å². The number of hydrogen-bond donors (Lipinski definition) is 1. The van der Waals surface area contributed by atoms with E-state index in [0.29, 0.717) is 6.42 Å². The molecule has 0 unspecified atom stereocenters. The summed E-state index contributed by atoms with van der Waals surface area (Å²) in [5, 5.41) is 2.83. The molecular formula is C24H29NO6. The third kappa shape index (κ3) is 7.77. The number of carbonyl (C=O) groups is 3. The summed E-state index contributed by atoms with van der Waals surface area (Å²) in [7, 11) is 2.91. The van der Waals surface area contributed by atoms with Crippen molar-refractivity contribution in [1.82, 2.24) is 5.32 Å². The van der Waals surface area contributed by atoms with E-state index in [2.05, 4.69) is 10.1 Å². The van der Waals surface area contributed by atoms with E-state index in [4.69, 9.17) is 9.47 Å². The summed E-state index contributed by atoms with van der Waals surface area (Å²) in [6.45, 7) is 2.01. The highest BCUT2D eigenvalue weighted by Gasteiger charge is 2.19.